The van der Waals surface area contributed by atoms with E-state index in [0.29, 0.717) is 12.1 Å². The zero-order chi connectivity index (χ0) is 14.9. The van der Waals surface area contributed by atoms with E-state index in [4.69, 9.17) is 5.11 Å². The number of hydrogen-bond acceptors (Lipinski definition) is 3. The Labute approximate surface area is 113 Å². The van der Waals surface area contributed by atoms with Crippen LogP contribution in [-0.2, 0) is 9.84 Å². The van der Waals surface area contributed by atoms with Gasteiger partial charge in [0.15, 0.2) is 11.6 Å². The first-order valence-electron chi connectivity index (χ1n) is 5.36. The fraction of sp³-hybridized carbons (Fsp3) is 0. The molecule has 0 spiro atoms. The lowest BCUT2D eigenvalue weighted by Gasteiger charge is -2.05. The summed E-state index contributed by atoms with van der Waals surface area (Å²) in [6.45, 7) is 0. The largest absolute Gasteiger partial charge is 0.478 e. The SMILES string of the molecule is O=C(O)c1ccc(S(=O)(=O)c2ccc(F)c(F)c2)cc1. The number of benzene rings is 2. The molecule has 0 aliphatic rings. The van der Waals surface area contributed by atoms with E-state index in [1.807, 2.05) is 0 Å². The van der Waals surface area contributed by atoms with Crippen molar-refractivity contribution in [3.63, 3.8) is 0 Å². The molecule has 0 atom stereocenters. The minimum Gasteiger partial charge on any atom is -0.478 e. The van der Waals surface area contributed by atoms with E-state index in [0.717, 1.165) is 30.3 Å². The van der Waals surface area contributed by atoms with E-state index in [2.05, 4.69) is 0 Å². The van der Waals surface area contributed by atoms with Gasteiger partial charge >= 0.3 is 5.97 Å². The Morgan fingerprint density at radius 2 is 1.45 bits per heavy atom. The molecule has 104 valence electrons. The maximum atomic E-state index is 13.1. The van der Waals surface area contributed by atoms with Gasteiger partial charge in [-0.05, 0) is 42.5 Å². The Bertz CT molecular complexity index is 767. The van der Waals surface area contributed by atoms with Gasteiger partial charge in [-0.15, -0.1) is 0 Å². The van der Waals surface area contributed by atoms with Crippen LogP contribution in [0.3, 0.4) is 0 Å². The molecule has 2 aromatic rings. The highest BCUT2D eigenvalue weighted by atomic mass is 32.2. The van der Waals surface area contributed by atoms with Gasteiger partial charge in [-0.3, -0.25) is 0 Å². The van der Waals surface area contributed by atoms with Gasteiger partial charge < -0.3 is 5.11 Å². The molecule has 0 bridgehead atoms. The van der Waals surface area contributed by atoms with Crippen LogP contribution in [0.4, 0.5) is 8.78 Å². The van der Waals surface area contributed by atoms with Crippen LogP contribution >= 0.6 is 0 Å². The van der Waals surface area contributed by atoms with Gasteiger partial charge in [0.2, 0.25) is 9.84 Å². The lowest BCUT2D eigenvalue weighted by Crippen LogP contribution is -2.04. The molecule has 0 aliphatic heterocycles. The molecular weight excluding hydrogens is 290 g/mol. The Hall–Kier alpha value is -2.28. The first-order valence-corrected chi connectivity index (χ1v) is 6.84. The first-order chi connectivity index (χ1) is 9.32. The zero-order valence-electron chi connectivity index (χ0n) is 9.88. The minimum atomic E-state index is -4.02. The van der Waals surface area contributed by atoms with Crippen LogP contribution in [0, 0.1) is 11.6 Å². The van der Waals surface area contributed by atoms with Crippen molar-refractivity contribution in [1.82, 2.24) is 0 Å². The number of rotatable bonds is 3. The van der Waals surface area contributed by atoms with E-state index in [1.54, 1.807) is 0 Å². The van der Waals surface area contributed by atoms with Gasteiger partial charge in [0.25, 0.3) is 0 Å². The molecule has 0 amide bonds. The van der Waals surface area contributed by atoms with Crippen molar-refractivity contribution in [2.45, 2.75) is 9.79 Å². The second kappa shape index (κ2) is 5.01. The lowest BCUT2D eigenvalue weighted by atomic mass is 10.2. The summed E-state index contributed by atoms with van der Waals surface area (Å²) in [5.41, 5.74) is -0.0748. The molecule has 0 aliphatic carbocycles. The maximum absolute atomic E-state index is 13.1. The van der Waals surface area contributed by atoms with Gasteiger partial charge in [-0.2, -0.15) is 0 Å². The van der Waals surface area contributed by atoms with E-state index in [-0.39, 0.29) is 10.5 Å². The second-order valence-corrected chi connectivity index (χ2v) is 5.86. The van der Waals surface area contributed by atoms with Crippen LogP contribution in [0.5, 0.6) is 0 Å². The van der Waals surface area contributed by atoms with Gasteiger partial charge in [0, 0.05) is 0 Å². The van der Waals surface area contributed by atoms with Crippen LogP contribution in [0.2, 0.25) is 0 Å². The Kier molecular flexibility index (Phi) is 3.54. The fourth-order valence-electron chi connectivity index (χ4n) is 1.56. The molecule has 20 heavy (non-hydrogen) atoms. The second-order valence-electron chi connectivity index (χ2n) is 3.91. The molecule has 0 unspecified atom stereocenters. The quantitative estimate of drug-likeness (QED) is 0.884. The highest BCUT2D eigenvalue weighted by Gasteiger charge is 2.19. The van der Waals surface area contributed by atoms with Crippen molar-refractivity contribution in [2.24, 2.45) is 0 Å². The smallest absolute Gasteiger partial charge is 0.335 e. The van der Waals surface area contributed by atoms with Gasteiger partial charge in [-0.1, -0.05) is 0 Å². The Morgan fingerprint density at radius 1 is 0.900 bits per heavy atom. The third kappa shape index (κ3) is 2.53. The summed E-state index contributed by atoms with van der Waals surface area (Å²) in [4.78, 5) is 10.1. The predicted molar refractivity (Wildman–Crippen MR) is 65.2 cm³/mol. The topological polar surface area (TPSA) is 71.4 Å². The van der Waals surface area contributed by atoms with Gasteiger partial charge in [0.05, 0.1) is 15.4 Å². The number of carboxylic acids is 1. The van der Waals surface area contributed by atoms with Crippen molar-refractivity contribution in [1.29, 1.82) is 0 Å². The van der Waals surface area contributed by atoms with E-state index in [9.17, 15) is 22.0 Å². The number of carboxylic acid groups (broad SMARTS) is 1. The summed E-state index contributed by atoms with van der Waals surface area (Å²) in [6.07, 6.45) is 0. The van der Waals surface area contributed by atoms with Crippen molar-refractivity contribution < 1.29 is 27.1 Å². The normalized spacial score (nSPS) is 11.3. The monoisotopic (exact) mass is 298 g/mol. The molecule has 2 aromatic carbocycles. The molecule has 0 heterocycles. The molecule has 7 heteroatoms. The average Bonchev–Trinajstić information content (AvgIpc) is 2.41. The summed E-state index contributed by atoms with van der Waals surface area (Å²) in [6, 6.07) is 6.67. The average molecular weight is 298 g/mol. The lowest BCUT2D eigenvalue weighted by molar-refractivity contribution is 0.0696. The van der Waals surface area contributed by atoms with Gasteiger partial charge in [0.1, 0.15) is 0 Å². The van der Waals surface area contributed by atoms with Crippen molar-refractivity contribution >= 4 is 15.8 Å². The molecule has 0 saturated heterocycles. The molecule has 0 radical (unpaired) electrons. The summed E-state index contributed by atoms with van der Waals surface area (Å²) in [5, 5.41) is 8.72. The summed E-state index contributed by atoms with van der Waals surface area (Å²) >= 11 is 0. The number of carbonyl (C=O) groups is 1. The fourth-order valence-corrected chi connectivity index (χ4v) is 2.83. The van der Waals surface area contributed by atoms with Crippen LogP contribution in [0.15, 0.2) is 52.3 Å². The number of halogens is 2. The maximum Gasteiger partial charge on any atom is 0.335 e. The molecule has 0 fully saturated rings. The summed E-state index contributed by atoms with van der Waals surface area (Å²) in [7, 11) is -4.02. The number of sulfone groups is 1. The third-order valence-corrected chi connectivity index (χ3v) is 4.38. The summed E-state index contributed by atoms with van der Waals surface area (Å²) in [5.74, 6) is -3.61. The van der Waals surface area contributed by atoms with E-state index >= 15 is 0 Å². The van der Waals surface area contributed by atoms with Crippen LogP contribution in [0.25, 0.3) is 0 Å². The Morgan fingerprint density at radius 3 is 1.95 bits per heavy atom. The Balaban J connectivity index is 2.49. The first kappa shape index (κ1) is 14.1. The van der Waals surface area contributed by atoms with Crippen molar-refractivity contribution in [3.8, 4) is 0 Å². The predicted octanol–water partition coefficient (Wildman–Crippen LogP) is 2.50. The number of hydrogen-bond donors (Lipinski definition) is 1. The molecule has 0 saturated carbocycles. The highest BCUT2D eigenvalue weighted by molar-refractivity contribution is 7.91. The van der Waals surface area contributed by atoms with E-state index < -0.39 is 32.3 Å². The van der Waals surface area contributed by atoms with Crippen LogP contribution < -0.4 is 0 Å². The van der Waals surface area contributed by atoms with Crippen molar-refractivity contribution in [3.05, 3.63) is 59.7 Å². The molecule has 1 N–H and O–H groups in total. The molecule has 2 rings (SSSR count). The van der Waals surface area contributed by atoms with E-state index in [1.165, 1.54) is 0 Å². The molecule has 0 aromatic heterocycles. The van der Waals surface area contributed by atoms with Crippen LogP contribution in [-0.4, -0.2) is 19.5 Å². The zero-order valence-corrected chi connectivity index (χ0v) is 10.7. The van der Waals surface area contributed by atoms with Gasteiger partial charge in [-0.25, -0.2) is 22.0 Å². The molecule has 4 nitrogen and oxygen atoms in total. The number of aromatic carboxylic acids is 1. The summed E-state index contributed by atoms with van der Waals surface area (Å²) < 4.78 is 50.2. The molecular formula is C13H8F2O4S. The third-order valence-electron chi connectivity index (χ3n) is 2.61. The standard InChI is InChI=1S/C13H8F2O4S/c14-11-6-5-10(7-12(11)15)20(18,19)9-3-1-8(2-4-9)13(16)17/h1-7H,(H,16,17). The highest BCUT2D eigenvalue weighted by Crippen LogP contribution is 2.22. The van der Waals surface area contributed by atoms with Crippen LogP contribution in [0.1, 0.15) is 10.4 Å². The van der Waals surface area contributed by atoms with Crippen molar-refractivity contribution in [2.75, 3.05) is 0 Å². The minimum absolute atomic E-state index is 0.0748.